The summed E-state index contributed by atoms with van der Waals surface area (Å²) >= 11 is 0. The number of nitrogens with zero attached hydrogens (tertiary/aromatic N) is 2. The normalized spacial score (nSPS) is 25.8. The molecule has 0 unspecified atom stereocenters. The molecule has 2 heterocycles. The Balaban J connectivity index is 1.79. The van der Waals surface area contributed by atoms with Crippen LogP contribution in [0.15, 0.2) is 0 Å². The fraction of sp³-hybridized carbons (Fsp3) is 0.923. The van der Waals surface area contributed by atoms with Gasteiger partial charge in [0.15, 0.2) is 0 Å². The SMILES string of the molecule is CC[C@H]1CN(C(=O)NC2CCN(S(C)(=O)=O)CC2)CCO1. The van der Waals surface area contributed by atoms with E-state index in [2.05, 4.69) is 5.32 Å². The Morgan fingerprint density at radius 2 is 1.95 bits per heavy atom. The van der Waals surface area contributed by atoms with Crippen molar-refractivity contribution in [3.63, 3.8) is 0 Å². The molecular weight excluding hydrogens is 294 g/mol. The third-order valence-corrected chi connectivity index (χ3v) is 5.44. The van der Waals surface area contributed by atoms with E-state index in [4.69, 9.17) is 4.74 Å². The first-order chi connectivity index (χ1) is 9.90. The van der Waals surface area contributed by atoms with Crippen LogP contribution in [0.2, 0.25) is 0 Å². The van der Waals surface area contributed by atoms with Gasteiger partial charge < -0.3 is 15.0 Å². The van der Waals surface area contributed by atoms with Gasteiger partial charge in [0.05, 0.1) is 19.0 Å². The maximum Gasteiger partial charge on any atom is 0.317 e. The number of amides is 2. The molecule has 1 N–H and O–H groups in total. The molecule has 2 aliphatic rings. The fourth-order valence-corrected chi connectivity index (χ4v) is 3.62. The van der Waals surface area contributed by atoms with Crippen LogP contribution in [-0.2, 0) is 14.8 Å². The average Bonchev–Trinajstić information content (AvgIpc) is 2.47. The zero-order valence-corrected chi connectivity index (χ0v) is 13.6. The zero-order chi connectivity index (χ0) is 15.5. The third kappa shape index (κ3) is 4.55. The Bertz CT molecular complexity index is 460. The average molecular weight is 319 g/mol. The summed E-state index contributed by atoms with van der Waals surface area (Å²) in [6, 6.07) is -0.00650. The predicted octanol–water partition coefficient (Wildman–Crippen LogP) is 0.231. The van der Waals surface area contributed by atoms with Crippen molar-refractivity contribution in [2.75, 3.05) is 39.0 Å². The van der Waals surface area contributed by atoms with Crippen LogP contribution in [-0.4, -0.2) is 74.8 Å². The molecule has 122 valence electrons. The van der Waals surface area contributed by atoms with Crippen LogP contribution in [0.25, 0.3) is 0 Å². The molecule has 0 radical (unpaired) electrons. The van der Waals surface area contributed by atoms with Crippen molar-refractivity contribution in [1.82, 2.24) is 14.5 Å². The lowest BCUT2D eigenvalue weighted by molar-refractivity contribution is -0.0158. The summed E-state index contributed by atoms with van der Waals surface area (Å²) in [6.45, 7) is 4.83. The number of carbonyl (C=O) groups excluding carboxylic acids is 1. The Morgan fingerprint density at radius 3 is 2.52 bits per heavy atom. The fourth-order valence-electron chi connectivity index (χ4n) is 2.75. The van der Waals surface area contributed by atoms with Crippen LogP contribution in [0.5, 0.6) is 0 Å². The van der Waals surface area contributed by atoms with Gasteiger partial charge in [-0.15, -0.1) is 0 Å². The number of hydrogen-bond donors (Lipinski definition) is 1. The summed E-state index contributed by atoms with van der Waals surface area (Å²) < 4.78 is 29.9. The van der Waals surface area contributed by atoms with Crippen LogP contribution in [0.1, 0.15) is 26.2 Å². The van der Waals surface area contributed by atoms with Crippen LogP contribution >= 0.6 is 0 Å². The van der Waals surface area contributed by atoms with Gasteiger partial charge >= 0.3 is 6.03 Å². The predicted molar refractivity (Wildman–Crippen MR) is 79.6 cm³/mol. The van der Waals surface area contributed by atoms with Crippen molar-refractivity contribution in [1.29, 1.82) is 0 Å². The number of hydrogen-bond acceptors (Lipinski definition) is 4. The van der Waals surface area contributed by atoms with Gasteiger partial charge in [-0.05, 0) is 19.3 Å². The number of morpholine rings is 1. The molecule has 0 aliphatic carbocycles. The van der Waals surface area contributed by atoms with Crippen LogP contribution in [0, 0.1) is 0 Å². The molecule has 0 spiro atoms. The molecule has 21 heavy (non-hydrogen) atoms. The van der Waals surface area contributed by atoms with Gasteiger partial charge in [0.2, 0.25) is 10.0 Å². The number of carbonyl (C=O) groups is 1. The van der Waals surface area contributed by atoms with E-state index in [0.717, 1.165) is 6.42 Å². The van der Waals surface area contributed by atoms with Crippen molar-refractivity contribution in [3.8, 4) is 0 Å². The van der Waals surface area contributed by atoms with Gasteiger partial charge in [0.1, 0.15) is 0 Å². The second kappa shape index (κ2) is 6.93. The Kier molecular flexibility index (Phi) is 5.45. The summed E-state index contributed by atoms with van der Waals surface area (Å²) in [7, 11) is -3.12. The second-order valence-corrected chi connectivity index (χ2v) is 7.72. The monoisotopic (exact) mass is 319 g/mol. The molecule has 2 amide bonds. The first-order valence-corrected chi connectivity index (χ1v) is 9.37. The molecule has 1 atom stereocenters. The Morgan fingerprint density at radius 1 is 1.29 bits per heavy atom. The highest BCUT2D eigenvalue weighted by Crippen LogP contribution is 2.14. The van der Waals surface area contributed by atoms with Crippen LogP contribution in [0.3, 0.4) is 0 Å². The summed E-state index contributed by atoms with van der Waals surface area (Å²) in [5, 5.41) is 3.02. The van der Waals surface area contributed by atoms with E-state index >= 15 is 0 Å². The minimum Gasteiger partial charge on any atom is -0.375 e. The number of ether oxygens (including phenoxy) is 1. The van der Waals surface area contributed by atoms with Crippen molar-refractivity contribution in [3.05, 3.63) is 0 Å². The molecule has 0 aromatic rings. The van der Waals surface area contributed by atoms with Crippen LogP contribution in [0.4, 0.5) is 4.79 Å². The van der Waals surface area contributed by atoms with E-state index in [1.54, 1.807) is 4.90 Å². The lowest BCUT2D eigenvalue weighted by Crippen LogP contribution is -2.53. The van der Waals surface area contributed by atoms with Gasteiger partial charge in [-0.2, -0.15) is 0 Å². The maximum atomic E-state index is 12.2. The topological polar surface area (TPSA) is 79.0 Å². The first-order valence-electron chi connectivity index (χ1n) is 7.52. The first kappa shape index (κ1) is 16.5. The van der Waals surface area contributed by atoms with Gasteiger partial charge in [-0.25, -0.2) is 17.5 Å². The number of sulfonamides is 1. The van der Waals surface area contributed by atoms with Gasteiger partial charge in [-0.3, -0.25) is 0 Å². The van der Waals surface area contributed by atoms with E-state index in [0.29, 0.717) is 45.6 Å². The number of rotatable bonds is 3. The van der Waals surface area contributed by atoms with Gasteiger partial charge in [0.25, 0.3) is 0 Å². The zero-order valence-electron chi connectivity index (χ0n) is 12.7. The summed E-state index contributed by atoms with van der Waals surface area (Å²) in [5.41, 5.74) is 0. The number of urea groups is 1. The molecule has 0 aromatic heterocycles. The molecule has 0 saturated carbocycles. The molecule has 0 aromatic carbocycles. The molecule has 2 saturated heterocycles. The summed E-state index contributed by atoms with van der Waals surface area (Å²) in [5.74, 6) is 0. The molecule has 8 heteroatoms. The third-order valence-electron chi connectivity index (χ3n) is 4.13. The minimum atomic E-state index is -3.12. The van der Waals surface area contributed by atoms with E-state index < -0.39 is 10.0 Å². The molecule has 2 aliphatic heterocycles. The van der Waals surface area contributed by atoms with E-state index in [1.807, 2.05) is 6.92 Å². The largest absolute Gasteiger partial charge is 0.375 e. The van der Waals surface area contributed by atoms with E-state index in [9.17, 15) is 13.2 Å². The lowest BCUT2D eigenvalue weighted by atomic mass is 10.1. The van der Waals surface area contributed by atoms with E-state index in [1.165, 1.54) is 10.6 Å². The Hall–Kier alpha value is -0.860. The Labute approximate surface area is 126 Å². The van der Waals surface area contributed by atoms with Crippen molar-refractivity contribution < 1.29 is 17.9 Å². The maximum absolute atomic E-state index is 12.2. The highest BCUT2D eigenvalue weighted by atomic mass is 32.2. The molecule has 0 bridgehead atoms. The molecule has 2 fully saturated rings. The quantitative estimate of drug-likeness (QED) is 0.808. The number of piperidine rings is 1. The highest BCUT2D eigenvalue weighted by molar-refractivity contribution is 7.88. The van der Waals surface area contributed by atoms with Gasteiger partial charge in [-0.1, -0.05) is 6.92 Å². The van der Waals surface area contributed by atoms with Crippen molar-refractivity contribution in [2.45, 2.75) is 38.3 Å². The molecule has 2 rings (SSSR count). The number of nitrogens with one attached hydrogen (secondary N) is 1. The summed E-state index contributed by atoms with van der Waals surface area (Å²) in [4.78, 5) is 14.0. The van der Waals surface area contributed by atoms with E-state index in [-0.39, 0.29) is 18.2 Å². The van der Waals surface area contributed by atoms with Crippen molar-refractivity contribution >= 4 is 16.1 Å². The van der Waals surface area contributed by atoms with Gasteiger partial charge in [0, 0.05) is 32.2 Å². The minimum absolute atomic E-state index is 0.0541. The van der Waals surface area contributed by atoms with Crippen molar-refractivity contribution in [2.24, 2.45) is 0 Å². The summed E-state index contributed by atoms with van der Waals surface area (Å²) in [6.07, 6.45) is 3.58. The smallest absolute Gasteiger partial charge is 0.317 e. The molecule has 7 nitrogen and oxygen atoms in total. The highest BCUT2D eigenvalue weighted by Gasteiger charge is 2.28. The lowest BCUT2D eigenvalue weighted by Gasteiger charge is -2.35. The second-order valence-electron chi connectivity index (χ2n) is 5.73. The molecular formula is C13H25N3O4S. The van der Waals surface area contributed by atoms with Crippen LogP contribution < -0.4 is 5.32 Å². The standard InChI is InChI=1S/C13H25N3O4S/c1-3-12-10-15(8-9-20-12)13(17)14-11-4-6-16(7-5-11)21(2,18)19/h11-12H,3-10H2,1-2H3,(H,14,17)/t12-/m0/s1.